The molecule has 1 aliphatic heterocycles. The number of nitrogens with one attached hydrogen (secondary N) is 1. The largest absolute Gasteiger partial charge is 0.373 e. The van der Waals surface area contributed by atoms with Crippen molar-refractivity contribution in [2.75, 3.05) is 6.61 Å². The molecule has 3 nitrogen and oxygen atoms in total. The van der Waals surface area contributed by atoms with Crippen LogP contribution in [0.4, 0.5) is 0 Å². The maximum Gasteiger partial charge on any atom is 0.0943 e. The van der Waals surface area contributed by atoms with Gasteiger partial charge in [-0.05, 0) is 37.1 Å². The van der Waals surface area contributed by atoms with Crippen LogP contribution in [0.5, 0.6) is 0 Å². The van der Waals surface area contributed by atoms with E-state index in [9.17, 15) is 0 Å². The van der Waals surface area contributed by atoms with Crippen molar-refractivity contribution in [3.63, 3.8) is 0 Å². The monoisotopic (exact) mass is 312 g/mol. The second-order valence-corrected chi connectivity index (χ2v) is 6.36. The minimum Gasteiger partial charge on any atom is -0.373 e. The van der Waals surface area contributed by atoms with E-state index in [1.807, 2.05) is 30.5 Å². The standard InChI is InChI=1S/C18H17ClN2O/c1-10-11(2)21-18-16(10)13(7-15-9-22-15)8-20-17(18)12-3-5-14(19)6-4-12/h3-6,8,15,21H,7,9H2,1-2H3. The maximum absolute atomic E-state index is 5.99. The van der Waals surface area contributed by atoms with E-state index >= 15 is 0 Å². The van der Waals surface area contributed by atoms with E-state index in [4.69, 9.17) is 21.3 Å². The highest BCUT2D eigenvalue weighted by Gasteiger charge is 2.25. The van der Waals surface area contributed by atoms with Crippen molar-refractivity contribution in [3.8, 4) is 11.3 Å². The van der Waals surface area contributed by atoms with E-state index in [1.54, 1.807) is 0 Å². The lowest BCUT2D eigenvalue weighted by molar-refractivity contribution is 0.408. The molecule has 4 heteroatoms. The molecule has 0 bridgehead atoms. The predicted octanol–water partition coefficient (Wildman–Crippen LogP) is 4.44. The van der Waals surface area contributed by atoms with Gasteiger partial charge in [0.25, 0.3) is 0 Å². The highest BCUT2D eigenvalue weighted by Crippen LogP contribution is 2.33. The summed E-state index contributed by atoms with van der Waals surface area (Å²) in [7, 11) is 0. The van der Waals surface area contributed by atoms with Crippen molar-refractivity contribution in [3.05, 3.63) is 52.3 Å². The molecule has 1 N–H and O–H groups in total. The number of aromatic nitrogens is 2. The maximum atomic E-state index is 5.99. The van der Waals surface area contributed by atoms with Crippen molar-refractivity contribution < 1.29 is 4.74 Å². The molecule has 1 aliphatic rings. The molecular formula is C18H17ClN2O. The summed E-state index contributed by atoms with van der Waals surface area (Å²) in [5, 5.41) is 2.02. The Morgan fingerprint density at radius 3 is 2.68 bits per heavy atom. The van der Waals surface area contributed by atoms with Crippen molar-refractivity contribution in [2.24, 2.45) is 0 Å². The summed E-state index contributed by atoms with van der Waals surface area (Å²) in [6.45, 7) is 5.14. The second kappa shape index (κ2) is 5.11. The van der Waals surface area contributed by atoms with Gasteiger partial charge in [0.15, 0.2) is 0 Å². The van der Waals surface area contributed by atoms with E-state index in [2.05, 4.69) is 18.8 Å². The quantitative estimate of drug-likeness (QED) is 0.726. The number of fused-ring (bicyclic) bond motifs is 1. The van der Waals surface area contributed by atoms with Crippen LogP contribution in [0.1, 0.15) is 16.8 Å². The minimum absolute atomic E-state index is 0.362. The van der Waals surface area contributed by atoms with Gasteiger partial charge in [0.2, 0.25) is 0 Å². The number of aromatic amines is 1. The molecule has 3 aromatic rings. The average Bonchev–Trinajstić information content (AvgIpc) is 3.27. The zero-order valence-electron chi connectivity index (χ0n) is 12.6. The summed E-state index contributed by atoms with van der Waals surface area (Å²) in [4.78, 5) is 8.22. The lowest BCUT2D eigenvalue weighted by Gasteiger charge is -2.08. The van der Waals surface area contributed by atoms with E-state index in [-0.39, 0.29) is 0 Å². The SMILES string of the molecule is Cc1[nH]c2c(-c3ccc(Cl)cc3)ncc(CC3CO3)c2c1C. The normalized spacial score (nSPS) is 17.1. The van der Waals surface area contributed by atoms with E-state index in [0.717, 1.165) is 34.8 Å². The first kappa shape index (κ1) is 13.8. The number of epoxide rings is 1. The van der Waals surface area contributed by atoms with Crippen LogP contribution in [0.25, 0.3) is 22.2 Å². The van der Waals surface area contributed by atoms with Crippen LogP contribution in [-0.4, -0.2) is 22.7 Å². The van der Waals surface area contributed by atoms with Gasteiger partial charge in [-0.3, -0.25) is 4.98 Å². The number of hydrogen-bond donors (Lipinski definition) is 1. The number of pyridine rings is 1. The Balaban J connectivity index is 1.92. The third-order valence-electron chi connectivity index (χ3n) is 4.38. The third-order valence-corrected chi connectivity index (χ3v) is 4.63. The lowest BCUT2D eigenvalue weighted by Crippen LogP contribution is -1.97. The Morgan fingerprint density at radius 1 is 1.27 bits per heavy atom. The molecule has 2 aromatic heterocycles. The van der Waals surface area contributed by atoms with Crippen LogP contribution >= 0.6 is 11.6 Å². The topological polar surface area (TPSA) is 41.2 Å². The van der Waals surface area contributed by atoms with Crippen LogP contribution in [0.15, 0.2) is 30.5 Å². The minimum atomic E-state index is 0.362. The van der Waals surface area contributed by atoms with Crippen molar-refractivity contribution >= 4 is 22.5 Å². The van der Waals surface area contributed by atoms with Crippen molar-refractivity contribution in [1.29, 1.82) is 0 Å². The molecule has 0 aliphatic carbocycles. The number of ether oxygens (including phenoxy) is 1. The fourth-order valence-electron chi connectivity index (χ4n) is 2.98. The molecule has 112 valence electrons. The number of benzene rings is 1. The summed E-state index contributed by atoms with van der Waals surface area (Å²) < 4.78 is 5.38. The fourth-order valence-corrected chi connectivity index (χ4v) is 3.11. The van der Waals surface area contributed by atoms with Crippen molar-refractivity contribution in [1.82, 2.24) is 9.97 Å². The van der Waals surface area contributed by atoms with Gasteiger partial charge in [-0.1, -0.05) is 23.7 Å². The van der Waals surface area contributed by atoms with Gasteiger partial charge in [0, 0.05) is 34.3 Å². The summed E-state index contributed by atoms with van der Waals surface area (Å²) in [5.41, 5.74) is 6.90. The number of nitrogens with zero attached hydrogens (tertiary/aromatic N) is 1. The number of H-pyrrole nitrogens is 1. The Kier molecular flexibility index (Phi) is 3.21. The Hall–Kier alpha value is -1.84. The molecule has 0 amide bonds. The molecule has 3 heterocycles. The Bertz CT molecular complexity index is 848. The first-order valence-corrected chi connectivity index (χ1v) is 7.85. The number of hydrogen-bond acceptors (Lipinski definition) is 2. The highest BCUT2D eigenvalue weighted by atomic mass is 35.5. The van der Waals surface area contributed by atoms with Gasteiger partial charge in [-0.25, -0.2) is 0 Å². The molecule has 1 aromatic carbocycles. The van der Waals surface area contributed by atoms with Gasteiger partial charge in [-0.2, -0.15) is 0 Å². The molecular weight excluding hydrogens is 296 g/mol. The summed E-state index contributed by atoms with van der Waals surface area (Å²) in [6, 6.07) is 7.83. The molecule has 1 fully saturated rings. The molecule has 4 rings (SSSR count). The van der Waals surface area contributed by atoms with Gasteiger partial charge in [0.1, 0.15) is 0 Å². The van der Waals surface area contributed by atoms with Crippen molar-refractivity contribution in [2.45, 2.75) is 26.4 Å². The van der Waals surface area contributed by atoms with Gasteiger partial charge >= 0.3 is 0 Å². The average molecular weight is 313 g/mol. The number of aryl methyl sites for hydroxylation is 2. The lowest BCUT2D eigenvalue weighted by atomic mass is 10.0. The predicted molar refractivity (Wildman–Crippen MR) is 89.5 cm³/mol. The zero-order valence-corrected chi connectivity index (χ0v) is 13.4. The molecule has 1 atom stereocenters. The zero-order chi connectivity index (χ0) is 15.3. The van der Waals surface area contributed by atoms with Gasteiger partial charge in [-0.15, -0.1) is 0 Å². The Labute approximate surface area is 134 Å². The van der Waals surface area contributed by atoms with Crippen LogP contribution < -0.4 is 0 Å². The number of halogens is 1. The Morgan fingerprint density at radius 2 is 2.00 bits per heavy atom. The smallest absolute Gasteiger partial charge is 0.0943 e. The van der Waals surface area contributed by atoms with E-state index in [1.165, 1.54) is 22.2 Å². The molecule has 1 saturated heterocycles. The molecule has 0 saturated carbocycles. The number of rotatable bonds is 3. The second-order valence-electron chi connectivity index (χ2n) is 5.92. The van der Waals surface area contributed by atoms with E-state index in [0.29, 0.717) is 6.10 Å². The highest BCUT2D eigenvalue weighted by molar-refractivity contribution is 6.30. The van der Waals surface area contributed by atoms with Gasteiger partial charge in [0.05, 0.1) is 23.9 Å². The summed E-state index contributed by atoms with van der Waals surface area (Å²) >= 11 is 5.99. The molecule has 22 heavy (non-hydrogen) atoms. The fraction of sp³-hybridized carbons (Fsp3) is 0.278. The summed E-state index contributed by atoms with van der Waals surface area (Å²) in [6.07, 6.45) is 3.29. The third kappa shape index (κ3) is 2.31. The molecule has 1 unspecified atom stereocenters. The first-order chi connectivity index (χ1) is 10.6. The van der Waals surface area contributed by atoms with E-state index < -0.39 is 0 Å². The van der Waals surface area contributed by atoms with Crippen LogP contribution in [0.3, 0.4) is 0 Å². The van der Waals surface area contributed by atoms with Gasteiger partial charge < -0.3 is 9.72 Å². The van der Waals surface area contributed by atoms with Crippen LogP contribution in [-0.2, 0) is 11.2 Å². The molecule has 0 radical (unpaired) electrons. The van der Waals surface area contributed by atoms with Crippen LogP contribution in [0, 0.1) is 13.8 Å². The molecule has 0 spiro atoms. The summed E-state index contributed by atoms with van der Waals surface area (Å²) in [5.74, 6) is 0. The first-order valence-electron chi connectivity index (χ1n) is 7.48. The van der Waals surface area contributed by atoms with Crippen LogP contribution in [0.2, 0.25) is 5.02 Å².